The van der Waals surface area contributed by atoms with E-state index in [1.54, 1.807) is 34.9 Å². The Balaban J connectivity index is 2.04. The van der Waals surface area contributed by atoms with Gasteiger partial charge in [0.05, 0.1) is 23.3 Å². The molecule has 6 nitrogen and oxygen atoms in total. The van der Waals surface area contributed by atoms with E-state index in [-0.39, 0.29) is 0 Å². The molecule has 0 aliphatic heterocycles. The van der Waals surface area contributed by atoms with E-state index >= 15 is 0 Å². The second kappa shape index (κ2) is 4.66. The van der Waals surface area contributed by atoms with Crippen molar-refractivity contribution in [1.82, 2.24) is 24.8 Å². The van der Waals surface area contributed by atoms with Crippen LogP contribution in [0.2, 0.25) is 0 Å². The lowest BCUT2D eigenvalue weighted by molar-refractivity contribution is 0.201. The molecule has 1 unspecified atom stereocenters. The van der Waals surface area contributed by atoms with Crippen molar-refractivity contribution in [3.05, 3.63) is 60.2 Å². The molecular weight excluding hydrogens is 242 g/mol. The van der Waals surface area contributed by atoms with Gasteiger partial charge >= 0.3 is 0 Å². The number of benzene rings is 1. The van der Waals surface area contributed by atoms with Gasteiger partial charge in [-0.3, -0.25) is 4.68 Å². The van der Waals surface area contributed by atoms with Crippen molar-refractivity contribution in [1.29, 1.82) is 0 Å². The summed E-state index contributed by atoms with van der Waals surface area (Å²) in [6.45, 7) is 0. The van der Waals surface area contributed by atoms with Gasteiger partial charge in [-0.2, -0.15) is 5.10 Å². The van der Waals surface area contributed by atoms with Crippen LogP contribution in [0.25, 0.3) is 5.69 Å². The summed E-state index contributed by atoms with van der Waals surface area (Å²) in [5, 5.41) is 22.4. The molecule has 2 heterocycles. The fourth-order valence-electron chi connectivity index (χ4n) is 2.00. The predicted molar refractivity (Wildman–Crippen MR) is 68.6 cm³/mol. The van der Waals surface area contributed by atoms with Gasteiger partial charge in [0.1, 0.15) is 6.10 Å². The summed E-state index contributed by atoms with van der Waals surface area (Å²) in [4.78, 5) is 0. The topological polar surface area (TPSA) is 68.8 Å². The van der Waals surface area contributed by atoms with Crippen molar-refractivity contribution >= 4 is 0 Å². The molecule has 96 valence electrons. The minimum atomic E-state index is -0.817. The van der Waals surface area contributed by atoms with Crippen LogP contribution in [0.4, 0.5) is 0 Å². The van der Waals surface area contributed by atoms with Crippen molar-refractivity contribution < 1.29 is 5.11 Å². The minimum Gasteiger partial charge on any atom is -0.380 e. The van der Waals surface area contributed by atoms with Crippen molar-refractivity contribution in [2.45, 2.75) is 6.10 Å². The summed E-state index contributed by atoms with van der Waals surface area (Å²) >= 11 is 0. The number of aromatic nitrogens is 5. The second-order valence-electron chi connectivity index (χ2n) is 4.19. The zero-order chi connectivity index (χ0) is 13.2. The SMILES string of the molecule is Cn1nccc1C(O)c1cnnn1-c1ccccc1. The third-order valence-electron chi connectivity index (χ3n) is 3.00. The van der Waals surface area contributed by atoms with Gasteiger partial charge in [-0.15, -0.1) is 5.10 Å². The zero-order valence-electron chi connectivity index (χ0n) is 10.4. The highest BCUT2D eigenvalue weighted by atomic mass is 16.3. The van der Waals surface area contributed by atoms with Crippen LogP contribution < -0.4 is 0 Å². The monoisotopic (exact) mass is 255 g/mol. The van der Waals surface area contributed by atoms with Gasteiger partial charge in [0.25, 0.3) is 0 Å². The van der Waals surface area contributed by atoms with Crippen LogP contribution in [0.5, 0.6) is 0 Å². The first-order valence-corrected chi connectivity index (χ1v) is 5.89. The molecule has 1 aromatic carbocycles. The highest BCUT2D eigenvalue weighted by molar-refractivity contribution is 5.33. The molecule has 0 radical (unpaired) electrons. The summed E-state index contributed by atoms with van der Waals surface area (Å²) in [7, 11) is 1.79. The number of aryl methyl sites for hydroxylation is 1. The molecular formula is C13H13N5O. The van der Waals surface area contributed by atoms with Gasteiger partial charge in [-0.25, -0.2) is 4.68 Å². The Morgan fingerprint density at radius 2 is 1.89 bits per heavy atom. The van der Waals surface area contributed by atoms with E-state index in [0.717, 1.165) is 5.69 Å². The van der Waals surface area contributed by atoms with Gasteiger partial charge in [0.2, 0.25) is 0 Å². The summed E-state index contributed by atoms with van der Waals surface area (Å²) in [5.74, 6) is 0. The van der Waals surface area contributed by atoms with Crippen LogP contribution in [0.3, 0.4) is 0 Å². The van der Waals surface area contributed by atoms with Gasteiger partial charge < -0.3 is 5.11 Å². The number of hydrogen-bond donors (Lipinski definition) is 1. The molecule has 0 bridgehead atoms. The molecule has 0 aliphatic carbocycles. The maximum Gasteiger partial charge on any atom is 0.139 e. The first-order valence-electron chi connectivity index (χ1n) is 5.89. The number of nitrogens with zero attached hydrogens (tertiary/aromatic N) is 5. The number of hydrogen-bond acceptors (Lipinski definition) is 4. The highest BCUT2D eigenvalue weighted by Gasteiger charge is 2.19. The molecule has 6 heteroatoms. The smallest absolute Gasteiger partial charge is 0.139 e. The maximum absolute atomic E-state index is 10.4. The van der Waals surface area contributed by atoms with Crippen molar-refractivity contribution in [3.63, 3.8) is 0 Å². The van der Waals surface area contributed by atoms with E-state index in [4.69, 9.17) is 0 Å². The third-order valence-corrected chi connectivity index (χ3v) is 3.00. The number of aliphatic hydroxyl groups excluding tert-OH is 1. The highest BCUT2D eigenvalue weighted by Crippen LogP contribution is 2.22. The molecule has 0 saturated carbocycles. The Labute approximate surface area is 109 Å². The quantitative estimate of drug-likeness (QED) is 0.760. The normalized spacial score (nSPS) is 12.5. The lowest BCUT2D eigenvalue weighted by Crippen LogP contribution is -2.11. The van der Waals surface area contributed by atoms with E-state index in [9.17, 15) is 5.11 Å². The first-order chi connectivity index (χ1) is 9.27. The Morgan fingerprint density at radius 3 is 2.58 bits per heavy atom. The molecule has 3 rings (SSSR count). The fraction of sp³-hybridized carbons (Fsp3) is 0.154. The van der Waals surface area contributed by atoms with Gasteiger partial charge in [0.15, 0.2) is 0 Å². The first kappa shape index (κ1) is 11.6. The van der Waals surface area contributed by atoms with Crippen molar-refractivity contribution in [3.8, 4) is 5.69 Å². The zero-order valence-corrected chi connectivity index (χ0v) is 10.4. The number of aliphatic hydroxyl groups is 1. The molecule has 19 heavy (non-hydrogen) atoms. The summed E-state index contributed by atoms with van der Waals surface area (Å²) in [5.41, 5.74) is 2.16. The summed E-state index contributed by atoms with van der Waals surface area (Å²) in [6, 6.07) is 11.3. The van der Waals surface area contributed by atoms with Crippen LogP contribution in [-0.2, 0) is 7.05 Å². The van der Waals surface area contributed by atoms with Crippen molar-refractivity contribution in [2.24, 2.45) is 7.05 Å². The molecule has 2 aromatic heterocycles. The molecule has 0 aliphatic rings. The van der Waals surface area contributed by atoms with E-state index in [2.05, 4.69) is 15.4 Å². The molecule has 0 fully saturated rings. The average Bonchev–Trinajstić information content (AvgIpc) is 3.07. The third kappa shape index (κ3) is 2.02. The number of para-hydroxylation sites is 1. The van der Waals surface area contributed by atoms with Crippen LogP contribution >= 0.6 is 0 Å². The lowest BCUT2D eigenvalue weighted by atomic mass is 10.2. The van der Waals surface area contributed by atoms with Crippen LogP contribution in [-0.4, -0.2) is 29.9 Å². The predicted octanol–water partition coefficient (Wildman–Crippen LogP) is 1.08. The van der Waals surface area contributed by atoms with Crippen LogP contribution in [0.15, 0.2) is 48.8 Å². The van der Waals surface area contributed by atoms with E-state index < -0.39 is 6.10 Å². The molecule has 3 aromatic rings. The Hall–Kier alpha value is -2.47. The van der Waals surface area contributed by atoms with E-state index in [1.165, 1.54) is 0 Å². The van der Waals surface area contributed by atoms with E-state index in [1.807, 2.05) is 30.3 Å². The molecule has 1 N–H and O–H groups in total. The van der Waals surface area contributed by atoms with Gasteiger partial charge in [-0.1, -0.05) is 23.4 Å². The average molecular weight is 255 g/mol. The second-order valence-corrected chi connectivity index (χ2v) is 4.19. The molecule has 0 saturated heterocycles. The summed E-state index contributed by atoms with van der Waals surface area (Å²) in [6.07, 6.45) is 2.39. The van der Waals surface area contributed by atoms with Gasteiger partial charge in [-0.05, 0) is 18.2 Å². The van der Waals surface area contributed by atoms with E-state index in [0.29, 0.717) is 11.4 Å². The Morgan fingerprint density at radius 1 is 1.11 bits per heavy atom. The van der Waals surface area contributed by atoms with Gasteiger partial charge in [0, 0.05) is 13.2 Å². The molecule has 0 amide bonds. The van der Waals surface area contributed by atoms with Crippen molar-refractivity contribution in [2.75, 3.05) is 0 Å². The Kier molecular flexibility index (Phi) is 2.85. The molecule has 0 spiro atoms. The largest absolute Gasteiger partial charge is 0.380 e. The van der Waals surface area contributed by atoms with Crippen LogP contribution in [0, 0.1) is 0 Å². The van der Waals surface area contributed by atoms with Crippen LogP contribution in [0.1, 0.15) is 17.5 Å². The minimum absolute atomic E-state index is 0.606. The number of rotatable bonds is 3. The maximum atomic E-state index is 10.4. The standard InChI is InChI=1S/C13H13N5O/c1-17-11(7-8-15-17)13(19)12-9-14-16-18(12)10-5-3-2-4-6-10/h2-9,13,19H,1H3. The Bertz CT molecular complexity index is 673. The lowest BCUT2D eigenvalue weighted by Gasteiger charge is -2.12. The molecule has 1 atom stereocenters. The fourth-order valence-corrected chi connectivity index (χ4v) is 2.00. The summed E-state index contributed by atoms with van der Waals surface area (Å²) < 4.78 is 3.25.